The maximum Gasteiger partial charge on any atom is 0.121 e. The lowest BCUT2D eigenvalue weighted by Gasteiger charge is -2.44. The summed E-state index contributed by atoms with van der Waals surface area (Å²) >= 11 is 12.8. The molecule has 3 atom stereocenters. The van der Waals surface area contributed by atoms with Gasteiger partial charge in [0.25, 0.3) is 0 Å². The summed E-state index contributed by atoms with van der Waals surface area (Å²) in [6.45, 7) is 4.32. The molecule has 0 amide bonds. The highest BCUT2D eigenvalue weighted by atomic mass is 35.5. The molecule has 0 radical (unpaired) electrons. The van der Waals surface area contributed by atoms with Crippen molar-refractivity contribution in [2.24, 2.45) is 0 Å². The summed E-state index contributed by atoms with van der Waals surface area (Å²) in [5.41, 5.74) is 3.27. The lowest BCUT2D eigenvalue weighted by atomic mass is 10.0. The fourth-order valence-electron chi connectivity index (χ4n) is 4.36. The third-order valence-corrected chi connectivity index (χ3v) is 6.80. The first-order valence-electron chi connectivity index (χ1n) is 11.9. The van der Waals surface area contributed by atoms with Gasteiger partial charge in [0.15, 0.2) is 0 Å². The number of piperazine rings is 1. The normalized spacial score (nSPS) is 18.2. The van der Waals surface area contributed by atoms with Gasteiger partial charge in [-0.25, -0.2) is 0 Å². The van der Waals surface area contributed by atoms with Gasteiger partial charge in [0, 0.05) is 43.5 Å². The standard InChI is InChI=1S/C27H31Cl2N3O4/c1-18(34)17-36-22-7-9-25(23(29)12-22)32-11-10-31(14-26(32)20-3-5-21(28)6-4-20)15-27(35)24-8-2-19(16-33)13-30-24/h2-9,12-13,18,26-27,33-35H,10-11,14-17H2,1H3/t18?,26-,27?/m0/s1. The van der Waals surface area contributed by atoms with Crippen LogP contribution in [0.3, 0.4) is 0 Å². The van der Waals surface area contributed by atoms with Crippen LogP contribution in [-0.4, -0.2) is 64.1 Å². The summed E-state index contributed by atoms with van der Waals surface area (Å²) in [4.78, 5) is 8.79. The second kappa shape index (κ2) is 12.2. The number of benzene rings is 2. The molecule has 36 heavy (non-hydrogen) atoms. The third-order valence-electron chi connectivity index (χ3n) is 6.24. The Hall–Kier alpha value is -2.39. The zero-order valence-electron chi connectivity index (χ0n) is 20.1. The maximum absolute atomic E-state index is 10.8. The summed E-state index contributed by atoms with van der Waals surface area (Å²) in [6.07, 6.45) is 0.275. The van der Waals surface area contributed by atoms with Crippen molar-refractivity contribution < 1.29 is 20.1 Å². The predicted octanol–water partition coefficient (Wildman–Crippen LogP) is 4.24. The number of halogens is 2. The minimum absolute atomic E-state index is 0.0188. The molecule has 0 saturated carbocycles. The van der Waals surface area contributed by atoms with Crippen LogP contribution in [0.25, 0.3) is 0 Å². The molecule has 4 rings (SSSR count). The van der Waals surface area contributed by atoms with E-state index in [1.807, 2.05) is 36.4 Å². The Morgan fingerprint density at radius 2 is 1.83 bits per heavy atom. The summed E-state index contributed by atoms with van der Waals surface area (Å²) in [7, 11) is 0. The Morgan fingerprint density at radius 1 is 1.06 bits per heavy atom. The average Bonchev–Trinajstić information content (AvgIpc) is 2.88. The second-order valence-electron chi connectivity index (χ2n) is 9.06. The Morgan fingerprint density at radius 3 is 2.47 bits per heavy atom. The minimum atomic E-state index is -0.746. The van der Waals surface area contributed by atoms with Crippen molar-refractivity contribution in [3.63, 3.8) is 0 Å². The van der Waals surface area contributed by atoms with E-state index in [1.54, 1.807) is 31.3 Å². The van der Waals surface area contributed by atoms with Crippen LogP contribution in [0.1, 0.15) is 35.9 Å². The van der Waals surface area contributed by atoms with Crippen molar-refractivity contribution in [2.75, 3.05) is 37.7 Å². The van der Waals surface area contributed by atoms with Gasteiger partial charge in [-0.3, -0.25) is 9.88 Å². The molecule has 2 unspecified atom stereocenters. The van der Waals surface area contributed by atoms with E-state index in [9.17, 15) is 15.3 Å². The highest BCUT2D eigenvalue weighted by Gasteiger charge is 2.31. The van der Waals surface area contributed by atoms with E-state index < -0.39 is 12.2 Å². The van der Waals surface area contributed by atoms with Crippen molar-refractivity contribution >= 4 is 28.9 Å². The number of anilines is 1. The number of aliphatic hydroxyl groups excluding tert-OH is 3. The van der Waals surface area contributed by atoms with Crippen LogP contribution in [0.4, 0.5) is 5.69 Å². The first kappa shape index (κ1) is 26.7. The van der Waals surface area contributed by atoms with E-state index >= 15 is 0 Å². The Bertz CT molecular complexity index is 1130. The van der Waals surface area contributed by atoms with Crippen molar-refractivity contribution in [3.05, 3.63) is 87.7 Å². The van der Waals surface area contributed by atoms with Crippen LogP contribution in [0.2, 0.25) is 10.0 Å². The number of aliphatic hydroxyl groups is 3. The van der Waals surface area contributed by atoms with Gasteiger partial charge in [-0.1, -0.05) is 41.4 Å². The van der Waals surface area contributed by atoms with Crippen LogP contribution in [0, 0.1) is 0 Å². The fourth-order valence-corrected chi connectivity index (χ4v) is 4.76. The number of hydrogen-bond acceptors (Lipinski definition) is 7. The number of hydrogen-bond donors (Lipinski definition) is 3. The lowest BCUT2D eigenvalue weighted by Crippen LogP contribution is -2.49. The molecule has 1 aliphatic heterocycles. The van der Waals surface area contributed by atoms with Gasteiger partial charge < -0.3 is 25.0 Å². The first-order valence-corrected chi connectivity index (χ1v) is 12.7. The van der Waals surface area contributed by atoms with Gasteiger partial charge in [0.05, 0.1) is 35.2 Å². The SMILES string of the molecule is CC(O)COc1ccc(N2CCN(CC(O)c3ccc(CO)cn3)C[C@H]2c2ccc(Cl)cc2)c(Cl)c1. The van der Waals surface area contributed by atoms with Crippen molar-refractivity contribution in [2.45, 2.75) is 31.8 Å². The van der Waals surface area contributed by atoms with E-state index in [0.717, 1.165) is 17.8 Å². The molecule has 1 aliphatic rings. The zero-order chi connectivity index (χ0) is 25.7. The molecule has 1 saturated heterocycles. The van der Waals surface area contributed by atoms with Crippen molar-refractivity contribution in [3.8, 4) is 5.75 Å². The Labute approximate surface area is 221 Å². The quantitative estimate of drug-likeness (QED) is 0.380. The monoisotopic (exact) mass is 531 g/mol. The summed E-state index contributed by atoms with van der Waals surface area (Å²) in [6, 6.07) is 16.9. The van der Waals surface area contributed by atoms with Gasteiger partial charge in [-0.2, -0.15) is 0 Å². The molecule has 7 nitrogen and oxygen atoms in total. The molecule has 3 aromatic rings. The fraction of sp³-hybridized carbons (Fsp3) is 0.370. The van der Waals surface area contributed by atoms with Crippen LogP contribution >= 0.6 is 23.2 Å². The Balaban J connectivity index is 1.53. The van der Waals surface area contributed by atoms with Crippen molar-refractivity contribution in [1.82, 2.24) is 9.88 Å². The molecule has 9 heteroatoms. The number of β-amino-alcohol motifs (C(OH)–C–C–N with tert-alkyl or cyclic N) is 1. The Kier molecular flexibility index (Phi) is 9.06. The van der Waals surface area contributed by atoms with Gasteiger partial charge in [0.2, 0.25) is 0 Å². The van der Waals surface area contributed by atoms with Gasteiger partial charge >= 0.3 is 0 Å². The average molecular weight is 532 g/mol. The van der Waals surface area contributed by atoms with E-state index in [0.29, 0.717) is 46.7 Å². The van der Waals surface area contributed by atoms with Crippen LogP contribution in [-0.2, 0) is 6.61 Å². The topological polar surface area (TPSA) is 89.3 Å². The first-order chi connectivity index (χ1) is 17.3. The molecule has 0 aliphatic carbocycles. The molecule has 2 aromatic carbocycles. The highest BCUT2D eigenvalue weighted by molar-refractivity contribution is 6.33. The summed E-state index contributed by atoms with van der Waals surface area (Å²) < 4.78 is 5.61. The number of rotatable bonds is 9. The molecule has 3 N–H and O–H groups in total. The third kappa shape index (κ3) is 6.68. The smallest absolute Gasteiger partial charge is 0.121 e. The van der Waals surface area contributed by atoms with Crippen LogP contribution in [0.5, 0.6) is 5.75 Å². The largest absolute Gasteiger partial charge is 0.491 e. The highest BCUT2D eigenvalue weighted by Crippen LogP contribution is 2.37. The minimum Gasteiger partial charge on any atom is -0.491 e. The number of pyridine rings is 1. The van der Waals surface area contributed by atoms with Crippen molar-refractivity contribution in [1.29, 1.82) is 0 Å². The van der Waals surface area contributed by atoms with Gasteiger partial charge in [-0.15, -0.1) is 0 Å². The second-order valence-corrected chi connectivity index (χ2v) is 9.90. The van der Waals surface area contributed by atoms with Crippen LogP contribution < -0.4 is 9.64 Å². The molecule has 0 spiro atoms. The molecule has 2 heterocycles. The van der Waals surface area contributed by atoms with E-state index in [4.69, 9.17) is 27.9 Å². The molecular formula is C27H31Cl2N3O4. The van der Waals surface area contributed by atoms with Gasteiger partial charge in [-0.05, 0) is 48.4 Å². The zero-order valence-corrected chi connectivity index (χ0v) is 21.6. The number of ether oxygens (including phenoxy) is 1. The number of nitrogens with zero attached hydrogens (tertiary/aromatic N) is 3. The molecular weight excluding hydrogens is 501 g/mol. The number of aromatic nitrogens is 1. The lowest BCUT2D eigenvalue weighted by molar-refractivity contribution is 0.0975. The summed E-state index contributed by atoms with van der Waals surface area (Å²) in [5.74, 6) is 0.606. The molecule has 192 valence electrons. The van der Waals surface area contributed by atoms with E-state index in [1.165, 1.54) is 0 Å². The van der Waals surface area contributed by atoms with E-state index in [2.05, 4.69) is 14.8 Å². The van der Waals surface area contributed by atoms with E-state index in [-0.39, 0.29) is 19.3 Å². The van der Waals surface area contributed by atoms with Gasteiger partial charge in [0.1, 0.15) is 18.5 Å². The molecule has 1 aromatic heterocycles. The predicted molar refractivity (Wildman–Crippen MR) is 142 cm³/mol. The molecule has 1 fully saturated rings. The van der Waals surface area contributed by atoms with Crippen LogP contribution in [0.15, 0.2) is 60.8 Å². The maximum atomic E-state index is 10.8. The summed E-state index contributed by atoms with van der Waals surface area (Å²) in [5, 5.41) is 30.8. The molecule has 0 bridgehead atoms.